The molecule has 0 aliphatic heterocycles. The van der Waals surface area contributed by atoms with Gasteiger partial charge in [0.25, 0.3) is 0 Å². The van der Waals surface area contributed by atoms with E-state index in [0.29, 0.717) is 25.6 Å². The third-order valence-electron chi connectivity index (χ3n) is 5.84. The second-order valence-corrected chi connectivity index (χ2v) is 10.1. The maximum atomic E-state index is 13.5. The van der Waals surface area contributed by atoms with Crippen LogP contribution in [0.1, 0.15) is 69.4 Å². The van der Waals surface area contributed by atoms with Crippen LogP contribution in [-0.4, -0.2) is 34.7 Å². The van der Waals surface area contributed by atoms with E-state index < -0.39 is 0 Å². The first-order valence-corrected chi connectivity index (χ1v) is 12.9. The SMILES string of the molecule is CCCC[C@H](CC)C(=O)N(CC(=O)N(Cc1ccccc1)Cc1sccc1C)CC(C)C. The molecular weight excluding hydrogens is 416 g/mol. The molecule has 176 valence electrons. The highest BCUT2D eigenvalue weighted by molar-refractivity contribution is 7.10. The lowest BCUT2D eigenvalue weighted by Crippen LogP contribution is -2.46. The van der Waals surface area contributed by atoms with Crippen LogP contribution in [0.4, 0.5) is 0 Å². The molecule has 2 amide bonds. The van der Waals surface area contributed by atoms with E-state index in [4.69, 9.17) is 0 Å². The maximum absolute atomic E-state index is 13.5. The van der Waals surface area contributed by atoms with Gasteiger partial charge in [0, 0.05) is 23.9 Å². The van der Waals surface area contributed by atoms with E-state index in [0.717, 1.165) is 31.2 Å². The van der Waals surface area contributed by atoms with Crippen LogP contribution in [0.25, 0.3) is 0 Å². The molecule has 1 aromatic heterocycles. The monoisotopic (exact) mass is 456 g/mol. The third kappa shape index (κ3) is 8.09. The number of amides is 2. The molecule has 1 aromatic carbocycles. The van der Waals surface area contributed by atoms with Crippen LogP contribution in [0.2, 0.25) is 0 Å². The van der Waals surface area contributed by atoms with Crippen molar-refractivity contribution in [1.82, 2.24) is 9.80 Å². The average Bonchev–Trinajstić information content (AvgIpc) is 3.18. The number of carbonyl (C=O) groups excluding carboxylic acids is 2. The Bertz CT molecular complexity index is 831. The van der Waals surface area contributed by atoms with Crippen LogP contribution in [0.15, 0.2) is 41.8 Å². The van der Waals surface area contributed by atoms with Crippen molar-refractivity contribution in [2.24, 2.45) is 11.8 Å². The van der Waals surface area contributed by atoms with Gasteiger partial charge < -0.3 is 9.80 Å². The molecule has 0 radical (unpaired) electrons. The van der Waals surface area contributed by atoms with Crippen LogP contribution in [0, 0.1) is 18.8 Å². The molecule has 2 aromatic rings. The third-order valence-corrected chi connectivity index (χ3v) is 6.85. The summed E-state index contributed by atoms with van der Waals surface area (Å²) in [4.78, 5) is 31.8. The van der Waals surface area contributed by atoms with Crippen LogP contribution < -0.4 is 0 Å². The van der Waals surface area contributed by atoms with E-state index in [9.17, 15) is 9.59 Å². The summed E-state index contributed by atoms with van der Waals surface area (Å²) in [5.74, 6) is 0.470. The van der Waals surface area contributed by atoms with E-state index in [-0.39, 0.29) is 24.3 Å². The van der Waals surface area contributed by atoms with E-state index in [1.165, 1.54) is 10.4 Å². The Labute approximate surface area is 198 Å². The Morgan fingerprint density at radius 2 is 1.72 bits per heavy atom. The van der Waals surface area contributed by atoms with Crippen molar-refractivity contribution in [3.63, 3.8) is 0 Å². The highest BCUT2D eigenvalue weighted by atomic mass is 32.1. The topological polar surface area (TPSA) is 40.6 Å². The van der Waals surface area contributed by atoms with Gasteiger partial charge in [-0.25, -0.2) is 0 Å². The predicted octanol–water partition coefficient (Wildman–Crippen LogP) is 6.29. The Balaban J connectivity index is 2.21. The van der Waals surface area contributed by atoms with Gasteiger partial charge >= 0.3 is 0 Å². The zero-order valence-electron chi connectivity index (χ0n) is 20.5. The molecule has 0 aliphatic carbocycles. The fourth-order valence-corrected chi connectivity index (χ4v) is 4.84. The molecule has 0 spiro atoms. The minimum atomic E-state index is 0.00335. The fourth-order valence-electron chi connectivity index (χ4n) is 3.92. The van der Waals surface area contributed by atoms with Crippen molar-refractivity contribution in [3.05, 3.63) is 57.8 Å². The van der Waals surface area contributed by atoms with Crippen LogP contribution in [-0.2, 0) is 22.7 Å². The van der Waals surface area contributed by atoms with Gasteiger partial charge in [-0.2, -0.15) is 0 Å². The standard InChI is InChI=1S/C27H40N2O2S/c1-6-8-14-24(7-2)27(31)29(17-21(3)4)20-26(30)28(18-23-12-10-9-11-13-23)19-25-22(5)15-16-32-25/h9-13,15-16,21,24H,6-8,14,17-20H2,1-5H3/t24-/m0/s1. The van der Waals surface area contributed by atoms with Crippen LogP contribution >= 0.6 is 11.3 Å². The predicted molar refractivity (Wildman–Crippen MR) is 134 cm³/mol. The normalized spacial score (nSPS) is 12.1. The fraction of sp³-hybridized carbons (Fsp3) is 0.556. The second-order valence-electron chi connectivity index (χ2n) is 9.12. The Hall–Kier alpha value is -2.14. The molecule has 5 heteroatoms. The first-order valence-electron chi connectivity index (χ1n) is 12.0. The van der Waals surface area contributed by atoms with Gasteiger partial charge in [0.15, 0.2) is 0 Å². The number of rotatable bonds is 13. The molecule has 0 bridgehead atoms. The molecule has 0 aliphatic rings. The number of hydrogen-bond donors (Lipinski definition) is 0. The quantitative estimate of drug-likeness (QED) is 0.355. The summed E-state index contributed by atoms with van der Waals surface area (Å²) in [5, 5.41) is 2.07. The van der Waals surface area contributed by atoms with Crippen molar-refractivity contribution < 1.29 is 9.59 Å². The first-order chi connectivity index (χ1) is 15.3. The maximum Gasteiger partial charge on any atom is 0.242 e. The van der Waals surface area contributed by atoms with E-state index >= 15 is 0 Å². The molecule has 4 nitrogen and oxygen atoms in total. The van der Waals surface area contributed by atoms with Crippen molar-refractivity contribution in [2.45, 2.75) is 73.4 Å². The summed E-state index contributed by atoms with van der Waals surface area (Å²) < 4.78 is 0. The number of carbonyl (C=O) groups is 2. The van der Waals surface area contributed by atoms with Gasteiger partial charge in [0.05, 0.1) is 13.1 Å². The van der Waals surface area contributed by atoms with Crippen LogP contribution in [0.5, 0.6) is 0 Å². The molecule has 0 unspecified atom stereocenters. The van der Waals surface area contributed by atoms with Crippen molar-refractivity contribution in [1.29, 1.82) is 0 Å². The van der Waals surface area contributed by atoms with Gasteiger partial charge in [-0.1, -0.05) is 70.9 Å². The average molecular weight is 457 g/mol. The molecule has 0 fully saturated rings. The lowest BCUT2D eigenvalue weighted by Gasteiger charge is -2.31. The first kappa shape index (κ1) is 26.1. The number of aryl methyl sites for hydroxylation is 1. The Morgan fingerprint density at radius 3 is 2.28 bits per heavy atom. The smallest absolute Gasteiger partial charge is 0.242 e. The molecule has 2 rings (SSSR count). The summed E-state index contributed by atoms with van der Waals surface area (Å²) in [6, 6.07) is 12.2. The highest BCUT2D eigenvalue weighted by Crippen LogP contribution is 2.21. The Kier molecular flexibility index (Phi) is 10.9. The van der Waals surface area contributed by atoms with Gasteiger partial charge in [-0.05, 0) is 48.3 Å². The van der Waals surface area contributed by atoms with E-state index in [2.05, 4.69) is 58.2 Å². The molecule has 0 saturated carbocycles. The lowest BCUT2D eigenvalue weighted by atomic mass is 9.97. The van der Waals surface area contributed by atoms with E-state index in [1.807, 2.05) is 28.0 Å². The summed E-state index contributed by atoms with van der Waals surface area (Å²) in [5.41, 5.74) is 2.31. The molecule has 0 saturated heterocycles. The largest absolute Gasteiger partial charge is 0.333 e. The zero-order chi connectivity index (χ0) is 23.5. The minimum absolute atomic E-state index is 0.00335. The Morgan fingerprint density at radius 1 is 1.00 bits per heavy atom. The number of benzene rings is 1. The number of nitrogens with zero attached hydrogens (tertiary/aromatic N) is 2. The van der Waals surface area contributed by atoms with Crippen molar-refractivity contribution in [2.75, 3.05) is 13.1 Å². The van der Waals surface area contributed by atoms with Gasteiger partial charge in [-0.3, -0.25) is 9.59 Å². The van der Waals surface area contributed by atoms with Gasteiger partial charge in [0.1, 0.15) is 0 Å². The van der Waals surface area contributed by atoms with Crippen molar-refractivity contribution >= 4 is 23.2 Å². The minimum Gasteiger partial charge on any atom is -0.333 e. The summed E-state index contributed by atoms with van der Waals surface area (Å²) in [6.07, 6.45) is 3.85. The molecule has 1 atom stereocenters. The van der Waals surface area contributed by atoms with Crippen molar-refractivity contribution in [3.8, 4) is 0 Å². The molecule has 1 heterocycles. The zero-order valence-corrected chi connectivity index (χ0v) is 21.3. The number of hydrogen-bond acceptors (Lipinski definition) is 3. The molecule has 0 N–H and O–H groups in total. The van der Waals surface area contributed by atoms with Gasteiger partial charge in [0.2, 0.25) is 11.8 Å². The lowest BCUT2D eigenvalue weighted by molar-refractivity contribution is -0.144. The molecule has 32 heavy (non-hydrogen) atoms. The number of unbranched alkanes of at least 4 members (excludes halogenated alkanes) is 1. The van der Waals surface area contributed by atoms with Gasteiger partial charge in [-0.15, -0.1) is 11.3 Å². The second kappa shape index (κ2) is 13.4. The molecular formula is C27H40N2O2S. The highest BCUT2D eigenvalue weighted by Gasteiger charge is 2.27. The van der Waals surface area contributed by atoms with E-state index in [1.54, 1.807) is 11.3 Å². The number of thiophene rings is 1. The summed E-state index contributed by atoms with van der Waals surface area (Å²) in [7, 11) is 0. The summed E-state index contributed by atoms with van der Waals surface area (Å²) in [6.45, 7) is 12.4. The summed E-state index contributed by atoms with van der Waals surface area (Å²) >= 11 is 1.68. The van der Waals surface area contributed by atoms with Crippen LogP contribution in [0.3, 0.4) is 0 Å².